The van der Waals surface area contributed by atoms with Crippen molar-refractivity contribution < 1.29 is 19.0 Å². The number of hydrogen-bond donors (Lipinski definition) is 2. The highest BCUT2D eigenvalue weighted by molar-refractivity contribution is 6.02. The number of halogens is 1. The number of hydrogen-bond acceptors (Lipinski definition) is 4. The van der Waals surface area contributed by atoms with Gasteiger partial charge in [-0.15, -0.1) is 0 Å². The van der Waals surface area contributed by atoms with Crippen molar-refractivity contribution >= 4 is 17.3 Å². The number of amides is 1. The minimum atomic E-state index is -1.29. The van der Waals surface area contributed by atoms with Gasteiger partial charge in [0.25, 0.3) is 5.91 Å². The van der Waals surface area contributed by atoms with Gasteiger partial charge >= 0.3 is 0 Å². The summed E-state index contributed by atoms with van der Waals surface area (Å²) in [7, 11) is 1.60. The van der Waals surface area contributed by atoms with Crippen LogP contribution in [0.25, 0.3) is 0 Å². The number of rotatable bonds is 5. The molecule has 2 rings (SSSR count). The van der Waals surface area contributed by atoms with Crippen LogP contribution in [0.3, 0.4) is 0 Å². The van der Waals surface area contributed by atoms with Crippen LogP contribution in [0.15, 0.2) is 12.1 Å². The molecule has 2 N–H and O–H groups in total. The van der Waals surface area contributed by atoms with E-state index in [9.17, 15) is 14.3 Å². The molecule has 0 spiro atoms. The first-order valence-electron chi connectivity index (χ1n) is 6.57. The number of nitrogens with one attached hydrogen (secondary N) is 1. The normalized spacial score (nSPS) is 18.6. The molecular weight excluding hydrogens is 263 g/mol. The van der Waals surface area contributed by atoms with Crippen molar-refractivity contribution in [3.05, 3.63) is 23.5 Å². The van der Waals surface area contributed by atoms with Crippen molar-refractivity contribution in [2.45, 2.75) is 26.0 Å². The molecule has 1 aliphatic heterocycles. The molecule has 5 nitrogen and oxygen atoms in total. The van der Waals surface area contributed by atoms with Gasteiger partial charge in [-0.3, -0.25) is 4.79 Å². The van der Waals surface area contributed by atoms with Crippen LogP contribution in [0.2, 0.25) is 0 Å². The molecule has 6 heteroatoms. The van der Waals surface area contributed by atoms with Crippen molar-refractivity contribution in [3.63, 3.8) is 0 Å². The number of carbonyl (C=O) groups is 1. The minimum absolute atomic E-state index is 0.000391. The van der Waals surface area contributed by atoms with E-state index in [1.54, 1.807) is 13.2 Å². The van der Waals surface area contributed by atoms with E-state index >= 15 is 0 Å². The average Bonchev–Trinajstić information content (AvgIpc) is 2.67. The smallest absolute Gasteiger partial charge is 0.257 e. The van der Waals surface area contributed by atoms with Gasteiger partial charge in [-0.05, 0) is 26.0 Å². The predicted octanol–water partition coefficient (Wildman–Crippen LogP) is 1.67. The Balaban J connectivity index is 2.38. The lowest BCUT2D eigenvalue weighted by Gasteiger charge is -2.30. The molecular formula is C14H19FN2O3. The fourth-order valence-corrected chi connectivity index (χ4v) is 2.52. The molecule has 0 aromatic heterocycles. The molecule has 20 heavy (non-hydrogen) atoms. The zero-order chi connectivity index (χ0) is 14.9. The van der Waals surface area contributed by atoms with E-state index < -0.39 is 17.8 Å². The Morgan fingerprint density at radius 1 is 1.55 bits per heavy atom. The highest BCUT2D eigenvalue weighted by atomic mass is 19.1. The van der Waals surface area contributed by atoms with Gasteiger partial charge in [-0.2, -0.15) is 0 Å². The third kappa shape index (κ3) is 2.48. The number of aliphatic hydroxyl groups is 1. The van der Waals surface area contributed by atoms with Crippen molar-refractivity contribution in [1.82, 2.24) is 0 Å². The third-order valence-electron chi connectivity index (χ3n) is 3.51. The summed E-state index contributed by atoms with van der Waals surface area (Å²) >= 11 is 0. The first-order chi connectivity index (χ1) is 9.49. The van der Waals surface area contributed by atoms with Crippen LogP contribution in [0, 0.1) is 5.82 Å². The van der Waals surface area contributed by atoms with Gasteiger partial charge < -0.3 is 20.1 Å². The maximum absolute atomic E-state index is 14.3. The molecule has 0 saturated heterocycles. The molecule has 1 heterocycles. The average molecular weight is 282 g/mol. The number of anilines is 2. The molecule has 0 saturated carbocycles. The molecule has 2 atom stereocenters. The van der Waals surface area contributed by atoms with Crippen LogP contribution in [0.1, 0.15) is 25.5 Å². The Morgan fingerprint density at radius 3 is 2.85 bits per heavy atom. The van der Waals surface area contributed by atoms with Crippen LogP contribution in [0.4, 0.5) is 15.8 Å². The maximum Gasteiger partial charge on any atom is 0.257 e. The van der Waals surface area contributed by atoms with Crippen LogP contribution in [-0.4, -0.2) is 37.3 Å². The van der Waals surface area contributed by atoms with Crippen molar-refractivity contribution in [2.24, 2.45) is 0 Å². The van der Waals surface area contributed by atoms with E-state index in [4.69, 9.17) is 4.74 Å². The first-order valence-corrected chi connectivity index (χ1v) is 6.57. The number of likely N-dealkylation sites (N-methyl/N-ethyl adjacent to an activating group) is 1. The Kier molecular flexibility index (Phi) is 4.25. The Hall–Kier alpha value is -1.66. The number of methoxy groups -OCH3 is 1. The van der Waals surface area contributed by atoms with Crippen LogP contribution in [-0.2, 0) is 9.53 Å². The first kappa shape index (κ1) is 14.7. The van der Waals surface area contributed by atoms with Gasteiger partial charge in [0.1, 0.15) is 5.82 Å². The molecule has 0 fully saturated rings. The second kappa shape index (κ2) is 5.76. The van der Waals surface area contributed by atoms with E-state index in [2.05, 4.69) is 5.32 Å². The van der Waals surface area contributed by atoms with Crippen LogP contribution < -0.4 is 10.2 Å². The van der Waals surface area contributed by atoms with Crippen molar-refractivity contribution in [1.29, 1.82) is 0 Å². The number of nitrogens with zero attached hydrogens (tertiary/aromatic N) is 1. The minimum Gasteiger partial charge on any atom is -0.383 e. The van der Waals surface area contributed by atoms with E-state index in [0.29, 0.717) is 24.5 Å². The predicted molar refractivity (Wildman–Crippen MR) is 74.3 cm³/mol. The summed E-state index contributed by atoms with van der Waals surface area (Å²) < 4.78 is 19.4. The topological polar surface area (TPSA) is 61.8 Å². The quantitative estimate of drug-likeness (QED) is 0.862. The number of ether oxygens (including phenoxy) is 1. The van der Waals surface area contributed by atoms with Gasteiger partial charge in [0, 0.05) is 30.9 Å². The lowest BCUT2D eigenvalue weighted by molar-refractivity contribution is -0.123. The van der Waals surface area contributed by atoms with Gasteiger partial charge in [-0.25, -0.2) is 4.39 Å². The molecule has 110 valence electrons. The number of fused-ring (bicyclic) bond motifs is 1. The third-order valence-corrected chi connectivity index (χ3v) is 3.51. The fraction of sp³-hybridized carbons (Fsp3) is 0.500. The number of benzene rings is 1. The highest BCUT2D eigenvalue weighted by Crippen LogP contribution is 2.36. The zero-order valence-electron chi connectivity index (χ0n) is 11.8. The molecule has 0 radical (unpaired) electrons. The van der Waals surface area contributed by atoms with E-state index in [-0.39, 0.29) is 11.6 Å². The second-order valence-corrected chi connectivity index (χ2v) is 4.87. The summed E-state index contributed by atoms with van der Waals surface area (Å²) in [6.07, 6.45) is -1.29. The summed E-state index contributed by atoms with van der Waals surface area (Å²) in [5.74, 6) is -0.978. The molecule has 2 unspecified atom stereocenters. The van der Waals surface area contributed by atoms with Crippen molar-refractivity contribution in [2.75, 3.05) is 30.5 Å². The van der Waals surface area contributed by atoms with Crippen LogP contribution >= 0.6 is 0 Å². The van der Waals surface area contributed by atoms with E-state index in [1.807, 2.05) is 18.7 Å². The molecule has 1 aliphatic rings. The van der Waals surface area contributed by atoms with Gasteiger partial charge in [0.2, 0.25) is 0 Å². The largest absolute Gasteiger partial charge is 0.383 e. The van der Waals surface area contributed by atoms with Gasteiger partial charge in [-0.1, -0.05) is 0 Å². The molecule has 0 aliphatic carbocycles. The molecule has 1 aromatic rings. The summed E-state index contributed by atoms with van der Waals surface area (Å²) in [5.41, 5.74) is 1.14. The van der Waals surface area contributed by atoms with Crippen LogP contribution in [0.5, 0.6) is 0 Å². The molecule has 1 amide bonds. The Bertz CT molecular complexity index is 521. The summed E-state index contributed by atoms with van der Waals surface area (Å²) in [5, 5.41) is 12.2. The highest BCUT2D eigenvalue weighted by Gasteiger charge is 2.31. The second-order valence-electron chi connectivity index (χ2n) is 4.87. The fourth-order valence-electron chi connectivity index (χ4n) is 2.52. The maximum atomic E-state index is 14.3. The lowest BCUT2D eigenvalue weighted by Crippen LogP contribution is -2.36. The molecule has 0 bridgehead atoms. The standard InChI is InChI=1S/C14H19FN2O3/c1-4-17(8(2)7-20-3)12-6-11-9(5-10(12)15)13(18)14(19)16-11/h5-6,8,13,18H,4,7H2,1-3H3,(H,16,19). The monoisotopic (exact) mass is 282 g/mol. The SMILES string of the molecule is CCN(c1cc2c(cc1F)C(O)C(=O)N2)C(C)COC. The Morgan fingerprint density at radius 2 is 2.25 bits per heavy atom. The summed E-state index contributed by atoms with van der Waals surface area (Å²) in [6, 6.07) is 2.78. The van der Waals surface area contributed by atoms with Crippen molar-refractivity contribution in [3.8, 4) is 0 Å². The lowest BCUT2D eigenvalue weighted by atomic mass is 10.1. The number of aliphatic hydroxyl groups excluding tert-OH is 1. The summed E-state index contributed by atoms with van der Waals surface area (Å²) in [4.78, 5) is 13.3. The zero-order valence-corrected chi connectivity index (χ0v) is 11.8. The summed E-state index contributed by atoms with van der Waals surface area (Å²) in [6.45, 7) is 4.94. The molecule has 1 aromatic carbocycles. The Labute approximate surface area is 117 Å². The number of carbonyl (C=O) groups excluding carboxylic acids is 1. The van der Waals surface area contributed by atoms with E-state index in [1.165, 1.54) is 6.07 Å². The van der Waals surface area contributed by atoms with Gasteiger partial charge in [0.05, 0.1) is 12.3 Å². The van der Waals surface area contributed by atoms with Gasteiger partial charge in [0.15, 0.2) is 6.10 Å². The van der Waals surface area contributed by atoms with E-state index in [0.717, 1.165) is 0 Å².